The van der Waals surface area contributed by atoms with Gasteiger partial charge in [0.25, 0.3) is 0 Å². The van der Waals surface area contributed by atoms with Gasteiger partial charge in [0, 0.05) is 41.4 Å². The molecule has 1 aliphatic heterocycles. The largest absolute Gasteiger partial charge is 0.392 e. The van der Waals surface area contributed by atoms with Gasteiger partial charge in [-0.2, -0.15) is 0 Å². The number of carbonyl (C=O) groups is 2. The highest BCUT2D eigenvalue weighted by Crippen LogP contribution is 2.30. The van der Waals surface area contributed by atoms with Crippen molar-refractivity contribution in [3.63, 3.8) is 0 Å². The quantitative estimate of drug-likeness (QED) is 0.903. The molecule has 0 aliphatic carbocycles. The van der Waals surface area contributed by atoms with E-state index in [-0.39, 0.29) is 22.9 Å². The Kier molecular flexibility index (Phi) is 4.59. The molecule has 1 fully saturated rings. The van der Waals surface area contributed by atoms with E-state index in [4.69, 9.17) is 0 Å². The van der Waals surface area contributed by atoms with Crippen LogP contribution in [0, 0.1) is 0 Å². The maximum atomic E-state index is 12.0. The molecule has 1 unspecified atom stereocenters. The first-order chi connectivity index (χ1) is 9.01. The van der Waals surface area contributed by atoms with Crippen LogP contribution in [0.3, 0.4) is 0 Å². The number of aliphatic hydroxyl groups excluding tert-OH is 1. The molecule has 0 radical (unpaired) electrons. The summed E-state index contributed by atoms with van der Waals surface area (Å²) in [5, 5.41) is 9.31. The number of aliphatic hydroxyl groups is 1. The van der Waals surface area contributed by atoms with Crippen LogP contribution in [0.1, 0.15) is 18.9 Å². The zero-order chi connectivity index (χ0) is 14.0. The lowest BCUT2D eigenvalue weighted by molar-refractivity contribution is -0.117. The van der Waals surface area contributed by atoms with Crippen molar-refractivity contribution >= 4 is 44.5 Å². The van der Waals surface area contributed by atoms with Crippen molar-refractivity contribution < 1.29 is 14.7 Å². The minimum atomic E-state index is -0.184. The van der Waals surface area contributed by atoms with Crippen LogP contribution in [0.25, 0.3) is 0 Å². The highest BCUT2D eigenvalue weighted by atomic mass is 79.9. The monoisotopic (exact) mass is 344 g/mol. The van der Waals surface area contributed by atoms with Gasteiger partial charge in [0.1, 0.15) is 5.82 Å². The molecule has 102 valence electrons. The van der Waals surface area contributed by atoms with Crippen molar-refractivity contribution in [2.24, 2.45) is 0 Å². The van der Waals surface area contributed by atoms with E-state index in [1.54, 1.807) is 17.2 Å². The second-order valence-corrected chi connectivity index (χ2v) is 6.63. The fourth-order valence-electron chi connectivity index (χ4n) is 2.03. The van der Waals surface area contributed by atoms with Crippen molar-refractivity contribution in [2.75, 3.05) is 11.4 Å². The minimum absolute atomic E-state index is 0.00537. The number of thioether (sulfide) groups is 1. The third-order valence-electron chi connectivity index (χ3n) is 2.76. The van der Waals surface area contributed by atoms with Gasteiger partial charge in [-0.05, 0) is 22.0 Å². The lowest BCUT2D eigenvalue weighted by atomic mass is 10.2. The number of halogens is 1. The molecular formula is C12H13BrN2O3S. The molecule has 0 saturated carbocycles. The Balaban J connectivity index is 2.23. The van der Waals surface area contributed by atoms with Crippen molar-refractivity contribution in [1.29, 1.82) is 0 Å². The van der Waals surface area contributed by atoms with E-state index < -0.39 is 0 Å². The Morgan fingerprint density at radius 1 is 1.68 bits per heavy atom. The number of amides is 1. The van der Waals surface area contributed by atoms with E-state index in [0.29, 0.717) is 24.3 Å². The molecule has 1 atom stereocenters. The molecular weight excluding hydrogens is 332 g/mol. The van der Waals surface area contributed by atoms with Gasteiger partial charge >= 0.3 is 0 Å². The Hall–Kier alpha value is -0.920. The normalized spacial score (nSPS) is 19.0. The van der Waals surface area contributed by atoms with Crippen molar-refractivity contribution in [1.82, 2.24) is 4.98 Å². The number of carbonyl (C=O) groups excluding carboxylic acids is 2. The first kappa shape index (κ1) is 14.5. The van der Waals surface area contributed by atoms with Gasteiger partial charge in [-0.15, -0.1) is 0 Å². The maximum absolute atomic E-state index is 12.0. The van der Waals surface area contributed by atoms with Gasteiger partial charge in [0.2, 0.25) is 5.91 Å². The highest BCUT2D eigenvalue weighted by Gasteiger charge is 2.33. The summed E-state index contributed by atoms with van der Waals surface area (Å²) in [6.07, 6.45) is 1.92. The predicted molar refractivity (Wildman–Crippen MR) is 76.9 cm³/mol. The SMILES string of the molecule is CC(=O)SC1CC(=O)N(c2ncc(Br)cc2CO)C1. The van der Waals surface area contributed by atoms with Crippen LogP contribution in [0.4, 0.5) is 5.82 Å². The molecule has 2 heterocycles. The number of rotatable bonds is 3. The van der Waals surface area contributed by atoms with Crippen LogP contribution in [0.5, 0.6) is 0 Å². The third kappa shape index (κ3) is 3.34. The summed E-state index contributed by atoms with van der Waals surface area (Å²) in [6.45, 7) is 1.76. The van der Waals surface area contributed by atoms with E-state index in [1.807, 2.05) is 0 Å². The molecule has 7 heteroatoms. The summed E-state index contributed by atoms with van der Waals surface area (Å²) in [5.74, 6) is 0.408. The second kappa shape index (κ2) is 6.02. The number of anilines is 1. The summed E-state index contributed by atoms with van der Waals surface area (Å²) in [4.78, 5) is 28.8. The van der Waals surface area contributed by atoms with Crippen LogP contribution in [-0.2, 0) is 16.2 Å². The molecule has 2 rings (SSSR count). The number of nitrogens with zero attached hydrogens (tertiary/aromatic N) is 2. The van der Waals surface area contributed by atoms with Gasteiger partial charge in [-0.3, -0.25) is 14.5 Å². The number of aromatic nitrogens is 1. The zero-order valence-electron chi connectivity index (χ0n) is 10.3. The Morgan fingerprint density at radius 3 is 3.05 bits per heavy atom. The molecule has 0 aromatic carbocycles. The van der Waals surface area contributed by atoms with Crippen LogP contribution in [0.15, 0.2) is 16.7 Å². The number of pyridine rings is 1. The van der Waals surface area contributed by atoms with Crippen LogP contribution in [-0.4, -0.2) is 32.9 Å². The molecule has 1 aromatic heterocycles. The fourth-order valence-corrected chi connectivity index (χ4v) is 3.32. The van der Waals surface area contributed by atoms with Crippen LogP contribution >= 0.6 is 27.7 Å². The summed E-state index contributed by atoms with van der Waals surface area (Å²) in [6, 6.07) is 1.74. The maximum Gasteiger partial charge on any atom is 0.229 e. The van der Waals surface area contributed by atoms with Crippen molar-refractivity contribution in [3.05, 3.63) is 22.3 Å². The molecule has 19 heavy (non-hydrogen) atoms. The average molecular weight is 345 g/mol. The smallest absolute Gasteiger partial charge is 0.229 e. The molecule has 0 spiro atoms. The van der Waals surface area contributed by atoms with Gasteiger partial charge < -0.3 is 5.11 Å². The summed E-state index contributed by atoms with van der Waals surface area (Å²) in [7, 11) is 0. The van der Waals surface area contributed by atoms with Crippen LogP contribution in [0.2, 0.25) is 0 Å². The summed E-state index contributed by atoms with van der Waals surface area (Å²) >= 11 is 4.46. The second-order valence-electron chi connectivity index (χ2n) is 4.23. The van der Waals surface area contributed by atoms with E-state index >= 15 is 0 Å². The highest BCUT2D eigenvalue weighted by molar-refractivity contribution is 9.10. The summed E-state index contributed by atoms with van der Waals surface area (Å²) < 4.78 is 0.751. The van der Waals surface area contributed by atoms with E-state index in [2.05, 4.69) is 20.9 Å². The predicted octanol–water partition coefficient (Wildman–Crippen LogP) is 1.72. The first-order valence-corrected chi connectivity index (χ1v) is 7.41. The Morgan fingerprint density at radius 2 is 2.42 bits per heavy atom. The molecule has 5 nitrogen and oxygen atoms in total. The molecule has 1 aliphatic rings. The van der Waals surface area contributed by atoms with E-state index in [9.17, 15) is 14.7 Å². The standard InChI is InChI=1S/C12H13BrN2O3S/c1-7(17)19-10-3-11(18)15(5-10)12-8(6-16)2-9(13)4-14-12/h2,4,10,16H,3,5-6H2,1H3. The zero-order valence-corrected chi connectivity index (χ0v) is 12.7. The molecule has 1 aromatic rings. The first-order valence-electron chi connectivity index (χ1n) is 5.74. The third-order valence-corrected chi connectivity index (χ3v) is 4.17. The van der Waals surface area contributed by atoms with Crippen LogP contribution < -0.4 is 4.90 Å². The fraction of sp³-hybridized carbons (Fsp3) is 0.417. The Labute approximate surface area is 123 Å². The summed E-state index contributed by atoms with van der Waals surface area (Å²) in [5.41, 5.74) is 0.594. The molecule has 1 amide bonds. The lowest BCUT2D eigenvalue weighted by Crippen LogP contribution is -2.27. The van der Waals surface area contributed by atoms with Gasteiger partial charge in [0.05, 0.1) is 6.61 Å². The van der Waals surface area contributed by atoms with E-state index in [1.165, 1.54) is 18.7 Å². The number of hydrogen-bond donors (Lipinski definition) is 1. The molecule has 0 bridgehead atoms. The average Bonchev–Trinajstić information content (AvgIpc) is 2.69. The topological polar surface area (TPSA) is 70.5 Å². The minimum Gasteiger partial charge on any atom is -0.392 e. The Bertz CT molecular complexity index is 524. The lowest BCUT2D eigenvalue weighted by Gasteiger charge is -2.18. The van der Waals surface area contributed by atoms with E-state index in [0.717, 1.165) is 4.47 Å². The molecule has 1 saturated heterocycles. The van der Waals surface area contributed by atoms with Gasteiger partial charge in [-0.1, -0.05) is 11.8 Å². The van der Waals surface area contributed by atoms with Gasteiger partial charge in [-0.25, -0.2) is 4.98 Å². The van der Waals surface area contributed by atoms with Crippen molar-refractivity contribution in [3.8, 4) is 0 Å². The number of hydrogen-bond acceptors (Lipinski definition) is 5. The van der Waals surface area contributed by atoms with Crippen molar-refractivity contribution in [2.45, 2.75) is 25.2 Å². The van der Waals surface area contributed by atoms with Gasteiger partial charge in [0.15, 0.2) is 5.12 Å². The molecule has 1 N–H and O–H groups in total.